The first kappa shape index (κ1) is 13.8. The maximum absolute atomic E-state index is 11.0. The molecule has 0 bridgehead atoms. The molecule has 3 rings (SSSR count). The van der Waals surface area contributed by atoms with Crippen LogP contribution >= 0.6 is 0 Å². The number of hydrogen-bond acceptors (Lipinski definition) is 5. The molecule has 1 aromatic carbocycles. The fraction of sp³-hybridized carbons (Fsp3) is 0.400. The van der Waals surface area contributed by atoms with E-state index in [0.29, 0.717) is 17.9 Å². The molecule has 6 heteroatoms. The van der Waals surface area contributed by atoms with Crippen LogP contribution in [0.1, 0.15) is 29.6 Å². The molecule has 2 heterocycles. The minimum atomic E-state index is -0.958. The van der Waals surface area contributed by atoms with Crippen molar-refractivity contribution in [3.8, 4) is 0 Å². The molecule has 2 aromatic rings. The van der Waals surface area contributed by atoms with Crippen molar-refractivity contribution in [1.29, 1.82) is 0 Å². The third-order valence-corrected chi connectivity index (χ3v) is 3.65. The van der Waals surface area contributed by atoms with Gasteiger partial charge in [0.05, 0.1) is 17.2 Å². The SMILES string of the molecule is O=C(O)c1ccc2c(NCC3CCCCO3)ncnc2c1. The predicted molar refractivity (Wildman–Crippen MR) is 78.6 cm³/mol. The van der Waals surface area contributed by atoms with Gasteiger partial charge in [-0.05, 0) is 37.5 Å². The van der Waals surface area contributed by atoms with E-state index in [9.17, 15) is 4.79 Å². The minimum Gasteiger partial charge on any atom is -0.478 e. The lowest BCUT2D eigenvalue weighted by atomic mass is 10.1. The van der Waals surface area contributed by atoms with E-state index in [-0.39, 0.29) is 11.7 Å². The van der Waals surface area contributed by atoms with Crippen LogP contribution in [0.4, 0.5) is 5.82 Å². The molecule has 0 amide bonds. The van der Waals surface area contributed by atoms with Crippen LogP contribution in [0.2, 0.25) is 0 Å². The van der Waals surface area contributed by atoms with Gasteiger partial charge in [0.25, 0.3) is 0 Å². The molecule has 1 aliphatic heterocycles. The zero-order valence-corrected chi connectivity index (χ0v) is 11.6. The minimum absolute atomic E-state index is 0.210. The summed E-state index contributed by atoms with van der Waals surface area (Å²) in [4.78, 5) is 19.4. The van der Waals surface area contributed by atoms with Crippen molar-refractivity contribution in [2.75, 3.05) is 18.5 Å². The molecule has 1 aliphatic rings. The van der Waals surface area contributed by atoms with Gasteiger partial charge in [-0.2, -0.15) is 0 Å². The van der Waals surface area contributed by atoms with E-state index < -0.39 is 5.97 Å². The van der Waals surface area contributed by atoms with Gasteiger partial charge in [-0.25, -0.2) is 14.8 Å². The van der Waals surface area contributed by atoms with Crippen LogP contribution in [0.3, 0.4) is 0 Å². The van der Waals surface area contributed by atoms with E-state index in [0.717, 1.165) is 24.8 Å². The normalized spacial score (nSPS) is 18.6. The molecule has 1 aromatic heterocycles. The summed E-state index contributed by atoms with van der Waals surface area (Å²) in [5, 5.41) is 13.1. The molecular formula is C15H17N3O3. The summed E-state index contributed by atoms with van der Waals surface area (Å²) in [6.07, 6.45) is 5.03. The molecule has 0 spiro atoms. The number of ether oxygens (including phenoxy) is 1. The number of rotatable bonds is 4. The number of aromatic nitrogens is 2. The number of fused-ring (bicyclic) bond motifs is 1. The molecule has 1 saturated heterocycles. The summed E-state index contributed by atoms with van der Waals surface area (Å²) in [6.45, 7) is 1.52. The van der Waals surface area contributed by atoms with E-state index in [1.54, 1.807) is 18.2 Å². The fourth-order valence-corrected chi connectivity index (χ4v) is 2.51. The van der Waals surface area contributed by atoms with E-state index in [1.807, 2.05) is 0 Å². The Balaban J connectivity index is 1.80. The van der Waals surface area contributed by atoms with Crippen LogP contribution in [-0.4, -0.2) is 40.3 Å². The van der Waals surface area contributed by atoms with Crippen LogP contribution in [0.15, 0.2) is 24.5 Å². The van der Waals surface area contributed by atoms with E-state index >= 15 is 0 Å². The maximum Gasteiger partial charge on any atom is 0.335 e. The number of carboxylic acid groups (broad SMARTS) is 1. The zero-order chi connectivity index (χ0) is 14.7. The number of hydrogen-bond donors (Lipinski definition) is 2. The van der Waals surface area contributed by atoms with Gasteiger partial charge < -0.3 is 15.2 Å². The largest absolute Gasteiger partial charge is 0.478 e. The van der Waals surface area contributed by atoms with E-state index in [2.05, 4.69) is 15.3 Å². The quantitative estimate of drug-likeness (QED) is 0.897. The Morgan fingerprint density at radius 3 is 3.05 bits per heavy atom. The van der Waals surface area contributed by atoms with Crippen LogP contribution in [-0.2, 0) is 4.74 Å². The average Bonchev–Trinajstić information content (AvgIpc) is 2.53. The summed E-state index contributed by atoms with van der Waals surface area (Å²) in [5.41, 5.74) is 0.847. The molecule has 21 heavy (non-hydrogen) atoms. The predicted octanol–water partition coefficient (Wildman–Crippen LogP) is 2.31. The number of carboxylic acids is 1. The Kier molecular flexibility index (Phi) is 3.96. The van der Waals surface area contributed by atoms with Gasteiger partial charge in [0, 0.05) is 18.5 Å². The molecular weight excluding hydrogens is 270 g/mol. The molecule has 110 valence electrons. The van der Waals surface area contributed by atoms with Crippen molar-refractivity contribution >= 4 is 22.7 Å². The highest BCUT2D eigenvalue weighted by atomic mass is 16.5. The lowest BCUT2D eigenvalue weighted by Gasteiger charge is -2.23. The van der Waals surface area contributed by atoms with Crippen LogP contribution in [0.25, 0.3) is 10.9 Å². The smallest absolute Gasteiger partial charge is 0.335 e. The molecule has 2 N–H and O–H groups in total. The maximum atomic E-state index is 11.0. The second kappa shape index (κ2) is 6.05. The summed E-state index contributed by atoms with van der Waals surface area (Å²) in [6, 6.07) is 4.86. The van der Waals surface area contributed by atoms with Crippen molar-refractivity contribution in [3.63, 3.8) is 0 Å². The van der Waals surface area contributed by atoms with Gasteiger partial charge in [0.15, 0.2) is 0 Å². The van der Waals surface area contributed by atoms with Crippen molar-refractivity contribution in [2.45, 2.75) is 25.4 Å². The van der Waals surface area contributed by atoms with E-state index in [4.69, 9.17) is 9.84 Å². The van der Waals surface area contributed by atoms with Gasteiger partial charge in [-0.1, -0.05) is 0 Å². The Hall–Kier alpha value is -2.21. The number of anilines is 1. The number of aromatic carboxylic acids is 1. The highest BCUT2D eigenvalue weighted by Crippen LogP contribution is 2.21. The third kappa shape index (κ3) is 3.11. The molecule has 1 atom stereocenters. The molecule has 0 aliphatic carbocycles. The van der Waals surface area contributed by atoms with Gasteiger partial charge in [0.2, 0.25) is 0 Å². The van der Waals surface area contributed by atoms with Crippen molar-refractivity contribution in [1.82, 2.24) is 9.97 Å². The van der Waals surface area contributed by atoms with E-state index in [1.165, 1.54) is 12.7 Å². The van der Waals surface area contributed by atoms with Crippen LogP contribution in [0.5, 0.6) is 0 Å². The lowest BCUT2D eigenvalue weighted by Crippen LogP contribution is -2.27. The average molecular weight is 287 g/mol. The first-order valence-corrected chi connectivity index (χ1v) is 7.07. The molecule has 0 radical (unpaired) electrons. The van der Waals surface area contributed by atoms with Crippen molar-refractivity contribution in [3.05, 3.63) is 30.1 Å². The molecule has 0 saturated carbocycles. The fourth-order valence-electron chi connectivity index (χ4n) is 2.51. The van der Waals surface area contributed by atoms with Crippen LogP contribution < -0.4 is 5.32 Å². The van der Waals surface area contributed by atoms with Crippen molar-refractivity contribution < 1.29 is 14.6 Å². The topological polar surface area (TPSA) is 84.3 Å². The first-order valence-electron chi connectivity index (χ1n) is 7.07. The highest BCUT2D eigenvalue weighted by molar-refractivity contribution is 5.96. The Morgan fingerprint density at radius 2 is 2.29 bits per heavy atom. The number of nitrogens with zero attached hydrogens (tertiary/aromatic N) is 2. The number of carbonyl (C=O) groups is 1. The second-order valence-electron chi connectivity index (χ2n) is 5.13. The molecule has 1 unspecified atom stereocenters. The second-order valence-corrected chi connectivity index (χ2v) is 5.13. The van der Waals surface area contributed by atoms with Gasteiger partial charge in [0.1, 0.15) is 12.1 Å². The first-order chi connectivity index (χ1) is 10.2. The van der Waals surface area contributed by atoms with Crippen LogP contribution in [0, 0.1) is 0 Å². The Labute approximate surface area is 122 Å². The molecule has 1 fully saturated rings. The number of benzene rings is 1. The molecule has 6 nitrogen and oxygen atoms in total. The summed E-state index contributed by atoms with van der Waals surface area (Å²) < 4.78 is 5.68. The third-order valence-electron chi connectivity index (χ3n) is 3.65. The van der Waals surface area contributed by atoms with Gasteiger partial charge >= 0.3 is 5.97 Å². The zero-order valence-electron chi connectivity index (χ0n) is 11.6. The standard InChI is InChI=1S/C15H17N3O3/c19-15(20)10-4-5-12-13(7-10)17-9-18-14(12)16-8-11-3-1-2-6-21-11/h4-5,7,9,11H,1-3,6,8H2,(H,19,20)(H,16,17,18). The monoisotopic (exact) mass is 287 g/mol. The summed E-state index contributed by atoms with van der Waals surface area (Å²) >= 11 is 0. The number of nitrogens with one attached hydrogen (secondary N) is 1. The lowest BCUT2D eigenvalue weighted by molar-refractivity contribution is 0.0247. The van der Waals surface area contributed by atoms with Crippen molar-refractivity contribution in [2.24, 2.45) is 0 Å². The Morgan fingerprint density at radius 1 is 1.38 bits per heavy atom. The highest BCUT2D eigenvalue weighted by Gasteiger charge is 2.14. The summed E-state index contributed by atoms with van der Waals surface area (Å²) in [7, 11) is 0. The Bertz CT molecular complexity index is 654. The summed E-state index contributed by atoms with van der Waals surface area (Å²) in [5.74, 6) is -0.244. The van der Waals surface area contributed by atoms with Gasteiger partial charge in [-0.15, -0.1) is 0 Å². The van der Waals surface area contributed by atoms with Gasteiger partial charge in [-0.3, -0.25) is 0 Å².